The molecule has 0 spiro atoms. The molecule has 0 aliphatic carbocycles. The molecule has 1 aromatic rings. The lowest BCUT2D eigenvalue weighted by atomic mass is 9.81. The first-order valence-electron chi connectivity index (χ1n) is 7.92. The van der Waals surface area contributed by atoms with Gasteiger partial charge in [-0.05, 0) is 38.3 Å². The second-order valence-electron chi connectivity index (χ2n) is 5.67. The third kappa shape index (κ3) is 4.67. The number of benzene rings is 1. The van der Waals surface area contributed by atoms with Crippen LogP contribution in [-0.2, 0) is 9.59 Å². The number of carbonyl (C=O) groups is 2. The van der Waals surface area contributed by atoms with Crippen molar-refractivity contribution in [3.05, 3.63) is 41.5 Å². The van der Waals surface area contributed by atoms with Gasteiger partial charge in [-0.1, -0.05) is 35.9 Å². The zero-order chi connectivity index (χ0) is 17.5. The highest BCUT2D eigenvalue weighted by atomic mass is 16.3. The maximum Gasteiger partial charge on any atom is 0.376 e. The van der Waals surface area contributed by atoms with Gasteiger partial charge in [-0.15, -0.1) is 0 Å². The summed E-state index contributed by atoms with van der Waals surface area (Å²) in [4.78, 5) is 25.6. The first kappa shape index (κ1) is 18.2. The zero-order valence-electron chi connectivity index (χ0n) is 13.7. The monoisotopic (exact) mass is 331 g/mol. The van der Waals surface area contributed by atoms with E-state index in [2.05, 4.69) is 10.9 Å². The molecule has 1 saturated heterocycles. The number of rotatable bonds is 4. The molecule has 128 valence electrons. The van der Waals surface area contributed by atoms with Crippen LogP contribution in [0.2, 0.25) is 6.82 Å². The van der Waals surface area contributed by atoms with Crippen LogP contribution in [0.25, 0.3) is 5.57 Å². The van der Waals surface area contributed by atoms with E-state index in [9.17, 15) is 14.6 Å². The average molecular weight is 331 g/mol. The van der Waals surface area contributed by atoms with E-state index in [4.69, 9.17) is 5.11 Å². The topological polar surface area (TPSA) is 102 Å². The highest BCUT2D eigenvalue weighted by Gasteiger charge is 2.25. The minimum absolute atomic E-state index is 0.413. The van der Waals surface area contributed by atoms with Gasteiger partial charge in [0, 0.05) is 5.57 Å². The highest BCUT2D eigenvalue weighted by Crippen LogP contribution is 2.27. The van der Waals surface area contributed by atoms with Gasteiger partial charge in [0.15, 0.2) is 0 Å². The quantitative estimate of drug-likeness (QED) is 0.347. The number of amides is 2. The molecule has 0 atom stereocenters. The number of carbonyl (C=O) groups excluding carboxylic acids is 2. The smallest absolute Gasteiger partial charge is 0.376 e. The van der Waals surface area contributed by atoms with Crippen molar-refractivity contribution < 1.29 is 19.7 Å². The van der Waals surface area contributed by atoms with Gasteiger partial charge >= 0.3 is 7.05 Å². The van der Waals surface area contributed by atoms with Gasteiger partial charge < -0.3 is 14.9 Å². The van der Waals surface area contributed by atoms with Crippen LogP contribution >= 0.6 is 0 Å². The van der Waals surface area contributed by atoms with Gasteiger partial charge in [0.1, 0.15) is 6.61 Å². The van der Waals surface area contributed by atoms with Crippen molar-refractivity contribution in [1.82, 2.24) is 15.7 Å². The predicted molar refractivity (Wildman–Crippen MR) is 91.4 cm³/mol. The number of piperidine rings is 1. The van der Waals surface area contributed by atoms with Crippen LogP contribution in [0.15, 0.2) is 35.9 Å². The molecular formula is C16H22BN3O4. The van der Waals surface area contributed by atoms with Gasteiger partial charge in [-0.3, -0.25) is 20.4 Å². The summed E-state index contributed by atoms with van der Waals surface area (Å²) in [6.07, 6.45) is 1.33. The molecule has 4 N–H and O–H groups in total. The maximum absolute atomic E-state index is 12.6. The van der Waals surface area contributed by atoms with E-state index >= 15 is 0 Å². The number of aliphatic hydroxyl groups is 1. The summed E-state index contributed by atoms with van der Waals surface area (Å²) in [6.45, 7) is 2.37. The minimum Gasteiger partial charge on any atom is -0.437 e. The van der Waals surface area contributed by atoms with Crippen molar-refractivity contribution in [3.63, 3.8) is 0 Å². The standard InChI is InChI=1S/C16H22BN3O4/c1-17(24)20-9-7-13(8-10-20)15(12-5-3-2-4-6-12)16(23)19-18-14(22)11-21/h2-6,21,24H,7-11H2,1H3,(H,18,22)(H,19,23). The fourth-order valence-corrected chi connectivity index (χ4v) is 2.75. The van der Waals surface area contributed by atoms with Gasteiger partial charge in [-0.2, -0.15) is 0 Å². The van der Waals surface area contributed by atoms with E-state index in [0.717, 1.165) is 11.1 Å². The molecule has 1 aromatic carbocycles. The summed E-state index contributed by atoms with van der Waals surface area (Å²) in [5.74, 6) is -1.09. The van der Waals surface area contributed by atoms with Crippen molar-refractivity contribution in [3.8, 4) is 0 Å². The lowest BCUT2D eigenvalue weighted by Gasteiger charge is -2.30. The van der Waals surface area contributed by atoms with Crippen LogP contribution in [-0.4, -0.2) is 53.5 Å². The summed E-state index contributed by atoms with van der Waals surface area (Å²) in [5, 5.41) is 18.4. The highest BCUT2D eigenvalue weighted by molar-refractivity contribution is 6.45. The van der Waals surface area contributed by atoms with Crippen LogP contribution in [0, 0.1) is 0 Å². The molecular weight excluding hydrogens is 309 g/mol. The van der Waals surface area contributed by atoms with Gasteiger partial charge in [0.05, 0.1) is 0 Å². The lowest BCUT2D eigenvalue weighted by molar-refractivity contribution is -0.128. The molecule has 0 radical (unpaired) electrons. The maximum atomic E-state index is 12.6. The Morgan fingerprint density at radius 3 is 2.33 bits per heavy atom. The fraction of sp³-hybridized carbons (Fsp3) is 0.375. The average Bonchev–Trinajstić information content (AvgIpc) is 2.61. The van der Waals surface area contributed by atoms with Crippen molar-refractivity contribution >= 4 is 24.4 Å². The molecule has 7 nitrogen and oxygen atoms in total. The Kier molecular flexibility index (Phi) is 6.54. The molecule has 1 aliphatic rings. The van der Waals surface area contributed by atoms with E-state index in [1.807, 2.05) is 35.1 Å². The second kappa shape index (κ2) is 8.63. The molecule has 0 bridgehead atoms. The molecule has 1 fully saturated rings. The van der Waals surface area contributed by atoms with Crippen LogP contribution in [0.4, 0.5) is 0 Å². The molecule has 24 heavy (non-hydrogen) atoms. The van der Waals surface area contributed by atoms with Crippen molar-refractivity contribution in [2.24, 2.45) is 0 Å². The molecule has 0 unspecified atom stereocenters. The Morgan fingerprint density at radius 2 is 1.79 bits per heavy atom. The van der Waals surface area contributed by atoms with E-state index in [-0.39, 0.29) is 0 Å². The Balaban J connectivity index is 2.22. The van der Waals surface area contributed by atoms with Crippen molar-refractivity contribution in [2.75, 3.05) is 19.7 Å². The minimum atomic E-state index is -0.694. The van der Waals surface area contributed by atoms with Gasteiger partial charge in [0.25, 0.3) is 11.8 Å². The van der Waals surface area contributed by atoms with Crippen LogP contribution < -0.4 is 10.9 Å². The number of hydrazine groups is 1. The molecule has 2 amide bonds. The first-order chi connectivity index (χ1) is 11.5. The van der Waals surface area contributed by atoms with E-state index in [0.29, 0.717) is 31.5 Å². The van der Waals surface area contributed by atoms with Crippen molar-refractivity contribution in [2.45, 2.75) is 19.7 Å². The Hall–Kier alpha value is -2.16. The van der Waals surface area contributed by atoms with Crippen LogP contribution in [0.5, 0.6) is 0 Å². The summed E-state index contributed by atoms with van der Waals surface area (Å²) in [5.41, 5.74) is 6.80. The number of nitrogens with zero attached hydrogens (tertiary/aromatic N) is 1. The molecule has 1 aliphatic heterocycles. The van der Waals surface area contributed by atoms with Crippen LogP contribution in [0.3, 0.4) is 0 Å². The summed E-state index contributed by atoms with van der Waals surface area (Å²) < 4.78 is 0. The van der Waals surface area contributed by atoms with Gasteiger partial charge in [0.2, 0.25) is 0 Å². The van der Waals surface area contributed by atoms with E-state index < -0.39 is 25.5 Å². The van der Waals surface area contributed by atoms with Gasteiger partial charge in [-0.25, -0.2) is 0 Å². The zero-order valence-corrected chi connectivity index (χ0v) is 13.7. The summed E-state index contributed by atoms with van der Waals surface area (Å²) >= 11 is 0. The number of nitrogens with one attached hydrogen (secondary N) is 2. The van der Waals surface area contributed by atoms with Crippen molar-refractivity contribution in [1.29, 1.82) is 0 Å². The first-order valence-corrected chi connectivity index (χ1v) is 7.92. The Labute approximate surface area is 141 Å². The van der Waals surface area contributed by atoms with E-state index in [1.165, 1.54) is 0 Å². The molecule has 1 heterocycles. The molecule has 8 heteroatoms. The Bertz CT molecular complexity index is 609. The summed E-state index contributed by atoms with van der Waals surface area (Å²) in [6, 6.07) is 9.25. The number of hydrogen-bond donors (Lipinski definition) is 4. The largest absolute Gasteiger partial charge is 0.437 e. The second-order valence-corrected chi connectivity index (χ2v) is 5.67. The molecule has 0 aromatic heterocycles. The summed E-state index contributed by atoms with van der Waals surface area (Å²) in [7, 11) is -0.510. The predicted octanol–water partition coefficient (Wildman–Crippen LogP) is -0.214. The van der Waals surface area contributed by atoms with E-state index in [1.54, 1.807) is 6.82 Å². The number of aliphatic hydroxyl groups excluding tert-OH is 1. The SMILES string of the molecule is CB(O)N1CCC(=C(C(=O)NNC(=O)CO)c2ccccc2)CC1. The molecule has 0 saturated carbocycles. The third-order valence-corrected chi connectivity index (χ3v) is 4.03. The third-order valence-electron chi connectivity index (χ3n) is 4.03. The Morgan fingerprint density at radius 1 is 1.17 bits per heavy atom. The number of hydrogen-bond acceptors (Lipinski definition) is 5. The molecule has 2 rings (SSSR count). The lowest BCUT2D eigenvalue weighted by Crippen LogP contribution is -2.44. The van der Waals surface area contributed by atoms with Crippen LogP contribution in [0.1, 0.15) is 18.4 Å². The fourth-order valence-electron chi connectivity index (χ4n) is 2.75. The normalized spacial score (nSPS) is 14.9.